The van der Waals surface area contributed by atoms with E-state index in [0.29, 0.717) is 81.1 Å². The van der Waals surface area contributed by atoms with Crippen molar-refractivity contribution >= 4 is 35.1 Å². The predicted octanol–water partition coefficient (Wildman–Crippen LogP) is 10.1. The smallest absolute Gasteiger partial charge is 0.514 e. The van der Waals surface area contributed by atoms with Gasteiger partial charge in [-0.15, -0.1) is 0 Å². The maximum atomic E-state index is 12.0. The van der Waals surface area contributed by atoms with Crippen LogP contribution in [-0.4, -0.2) is 63.2 Å². The molecule has 5 N–H and O–H groups in total. The summed E-state index contributed by atoms with van der Waals surface area (Å²) < 4.78 is 21.7. The molecule has 5 aromatic heterocycles. The van der Waals surface area contributed by atoms with E-state index in [2.05, 4.69) is 15.0 Å². The number of nitro groups is 3. The lowest BCUT2D eigenvalue weighted by atomic mass is 10.1. The van der Waals surface area contributed by atoms with Gasteiger partial charge in [0.05, 0.1) is 37.4 Å². The van der Waals surface area contributed by atoms with Gasteiger partial charge in [0, 0.05) is 64.9 Å². The second-order valence-electron chi connectivity index (χ2n) is 20.4. The summed E-state index contributed by atoms with van der Waals surface area (Å²) in [6, 6.07) is 1.64. The number of carbonyl (C=O) groups excluding carboxylic acids is 2. The summed E-state index contributed by atoms with van der Waals surface area (Å²) in [5, 5.41) is 54.6. The van der Waals surface area contributed by atoms with Crippen LogP contribution in [0.25, 0.3) is 0 Å². The molecule has 0 saturated heterocycles. The highest BCUT2D eigenvalue weighted by atomic mass is 16.7. The van der Waals surface area contributed by atoms with Gasteiger partial charge in [-0.3, -0.25) is 49.7 Å². The van der Waals surface area contributed by atoms with Gasteiger partial charge in [0.15, 0.2) is 11.1 Å². The average molecular weight is 1140 g/mol. The minimum absolute atomic E-state index is 0.0817. The maximum absolute atomic E-state index is 12.0. The van der Waals surface area contributed by atoms with E-state index in [1.165, 1.54) is 27.7 Å². The number of aromatic amines is 2. The van der Waals surface area contributed by atoms with Crippen LogP contribution < -0.4 is 36.2 Å². The highest BCUT2D eigenvalue weighted by Crippen LogP contribution is 2.37. The minimum atomic E-state index is -1.05. The highest BCUT2D eigenvalue weighted by molar-refractivity contribution is 5.70. The summed E-state index contributed by atoms with van der Waals surface area (Å²) in [7, 11) is 0. The van der Waals surface area contributed by atoms with Crippen LogP contribution in [0.4, 0.5) is 32.3 Å². The van der Waals surface area contributed by atoms with Crippen molar-refractivity contribution in [3.05, 3.63) is 157 Å². The van der Waals surface area contributed by atoms with Crippen LogP contribution in [0.3, 0.4) is 0 Å². The number of hydrogen-bond acceptors (Lipinski definition) is 19. The van der Waals surface area contributed by atoms with Gasteiger partial charge in [-0.1, -0.05) is 34.6 Å². The van der Waals surface area contributed by atoms with Gasteiger partial charge < -0.3 is 45.1 Å². The topological polar surface area (TPSA) is 374 Å². The van der Waals surface area contributed by atoms with E-state index in [4.69, 9.17) is 24.7 Å². The zero-order valence-corrected chi connectivity index (χ0v) is 50.4. The van der Waals surface area contributed by atoms with E-state index < -0.39 is 49.4 Å². The minimum Gasteiger partial charge on any atom is -0.618 e. The molecular weight excluding hydrogens is 1060 g/mol. The van der Waals surface area contributed by atoms with E-state index in [-0.39, 0.29) is 56.5 Å². The van der Waals surface area contributed by atoms with Crippen molar-refractivity contribution in [2.24, 2.45) is 0 Å². The zero-order chi connectivity index (χ0) is 63.1. The molecule has 0 atom stereocenters. The van der Waals surface area contributed by atoms with E-state index in [9.17, 15) is 64.7 Å². The Morgan fingerprint density at radius 1 is 0.593 bits per heavy atom. The Labute approximate surface area is 469 Å². The Hall–Kier alpha value is -8.71. The molecular formula is C55H79N9O17. The van der Waals surface area contributed by atoms with Crippen LogP contribution in [-0.2, 0) is 41.6 Å². The maximum Gasteiger partial charge on any atom is 0.514 e. The number of nitrogens with zero attached hydrogens (tertiary/aromatic N) is 6. The summed E-state index contributed by atoms with van der Waals surface area (Å²) in [6.07, 6.45) is 0.628. The number of nitrogens with two attached hydrogens (primary N) is 1. The number of nitrogens with one attached hydrogen (secondary N) is 2. The second kappa shape index (κ2) is 29.5. The number of H-pyrrole nitrogens is 2. The molecule has 26 heteroatoms. The molecule has 0 radical (unpaired) electrons. The average Bonchev–Trinajstić information content (AvgIpc) is 3.31. The third kappa shape index (κ3) is 18.7. The Morgan fingerprint density at radius 2 is 1.01 bits per heavy atom. The molecule has 0 aromatic carbocycles. The first-order valence-electron chi connectivity index (χ1n) is 25.8. The molecule has 0 amide bonds. The first-order chi connectivity index (χ1) is 37.2. The molecule has 0 fully saturated rings. The molecule has 26 nitrogen and oxygen atoms in total. The third-order valence-corrected chi connectivity index (χ3v) is 12.1. The van der Waals surface area contributed by atoms with E-state index in [1.54, 1.807) is 89.2 Å². The molecule has 5 heterocycles. The lowest BCUT2D eigenvalue weighted by Crippen LogP contribution is -2.36. The Kier molecular flexibility index (Phi) is 25.6. The van der Waals surface area contributed by atoms with Crippen LogP contribution >= 0.6 is 0 Å². The van der Waals surface area contributed by atoms with Crippen LogP contribution in [0.15, 0.2) is 20.4 Å². The number of hydrogen-bond donors (Lipinski definition) is 4. The summed E-state index contributed by atoms with van der Waals surface area (Å²) in [6.45, 7) is 35.7. The SMILES string of the molecule is CCc1c(C)[nH]c(C)c([N+](=O)[O-])c1=O.CCc1c(C)[nH]c(C)cc1=O.CCc1c(C)n(O)c(C)c(N)c1=O.CCc1c(C)nc(C)c([N+](=O)[O-])c1OC(=O)OC(C)(C)C.CCc1c(OC(=O)OC(C)(C)C)c([N+](=O)[O-])c(C)[n+]([O-])c1C. The molecule has 0 aliphatic rings. The normalized spacial score (nSPS) is 10.7. The van der Waals surface area contributed by atoms with Gasteiger partial charge in [-0.2, -0.15) is 9.46 Å². The third-order valence-electron chi connectivity index (χ3n) is 12.1. The first-order valence-corrected chi connectivity index (χ1v) is 25.8. The number of nitrogen functional groups attached to an aromatic ring is 1. The number of carbonyl (C=O) groups is 2. The second-order valence-corrected chi connectivity index (χ2v) is 20.4. The van der Waals surface area contributed by atoms with Crippen molar-refractivity contribution < 1.29 is 53.2 Å². The number of pyridine rings is 5. The van der Waals surface area contributed by atoms with E-state index >= 15 is 0 Å². The fourth-order valence-corrected chi connectivity index (χ4v) is 8.24. The highest BCUT2D eigenvalue weighted by Gasteiger charge is 2.35. The number of rotatable bonds is 10. The number of aromatic nitrogens is 5. The first kappa shape index (κ1) is 70.3. The molecule has 0 aliphatic carbocycles. The van der Waals surface area contributed by atoms with E-state index in [1.807, 2.05) is 34.6 Å². The summed E-state index contributed by atoms with van der Waals surface area (Å²) in [5.74, 6) is -0.314. The standard InChI is InChI=1S/C14H20N2O6.C14H20N2O5.C9H12N2O3.C9H14N2O2.C9H13NO/c1-7-10-8(2)15(18)9(3)11(16(19)20)12(10)21-13(17)22-14(4,5)6;1-7-10-8(2)15-9(3)11(16(18)19)12(10)20-13(17)21-14(4,5)6;1-4-7-5(2)10-6(3)8(9(7)12)11(13)14;1-4-7-5(2)11(13)6(3)8(10)9(7)12;1-4-8-7(3)10-6(2)5-9(8)11/h7H2,1-6H3;7H2,1-6H3;4H2,1-3H3,(H,10,12);13H,4,10H2,1-3H3;5H,4H2,1-3H3,(H,10,11). The van der Waals surface area contributed by atoms with Crippen molar-refractivity contribution in [2.75, 3.05) is 5.73 Å². The number of ether oxygens (including phenoxy) is 4. The fourth-order valence-electron chi connectivity index (χ4n) is 8.24. The lowest BCUT2D eigenvalue weighted by Gasteiger charge is -2.19. The number of aryl methyl sites for hydroxylation is 6. The molecule has 0 aliphatic heterocycles. The van der Waals surface area contributed by atoms with Crippen LogP contribution in [0.1, 0.15) is 161 Å². The van der Waals surface area contributed by atoms with Crippen LogP contribution in [0.5, 0.6) is 11.5 Å². The van der Waals surface area contributed by atoms with E-state index in [0.717, 1.165) is 28.1 Å². The summed E-state index contributed by atoms with van der Waals surface area (Å²) in [5.41, 5.74) is 10.1. The quantitative estimate of drug-likeness (QED) is 0.0252. The Balaban J connectivity index is 0.000000518. The van der Waals surface area contributed by atoms with Gasteiger partial charge in [-0.05, 0) is 129 Å². The van der Waals surface area contributed by atoms with Crippen molar-refractivity contribution in [1.82, 2.24) is 19.7 Å². The Bertz CT molecular complexity index is 3350. The Morgan fingerprint density at radius 3 is 1.41 bits per heavy atom. The molecule has 5 rings (SSSR count). The van der Waals surface area contributed by atoms with Crippen LogP contribution in [0, 0.1) is 105 Å². The van der Waals surface area contributed by atoms with Gasteiger partial charge >= 0.3 is 29.4 Å². The largest absolute Gasteiger partial charge is 0.618 e. The molecule has 0 spiro atoms. The molecule has 0 bridgehead atoms. The summed E-state index contributed by atoms with van der Waals surface area (Å²) in [4.78, 5) is 99.3. The monoisotopic (exact) mass is 1140 g/mol. The fraction of sp³-hybridized carbons (Fsp3) is 0.509. The molecule has 446 valence electrons. The lowest BCUT2D eigenvalue weighted by molar-refractivity contribution is -0.623. The predicted molar refractivity (Wildman–Crippen MR) is 304 cm³/mol. The molecule has 5 aromatic rings. The van der Waals surface area contributed by atoms with Crippen molar-refractivity contribution in [3.63, 3.8) is 0 Å². The van der Waals surface area contributed by atoms with Crippen molar-refractivity contribution in [1.29, 1.82) is 0 Å². The molecule has 81 heavy (non-hydrogen) atoms. The zero-order valence-electron chi connectivity index (χ0n) is 50.4. The molecule has 0 unspecified atom stereocenters. The van der Waals surface area contributed by atoms with Gasteiger partial charge in [0.2, 0.25) is 16.9 Å². The van der Waals surface area contributed by atoms with Gasteiger partial charge in [-0.25, -0.2) is 9.59 Å². The summed E-state index contributed by atoms with van der Waals surface area (Å²) >= 11 is 0. The number of anilines is 1. The van der Waals surface area contributed by atoms with Gasteiger partial charge in [0.25, 0.3) is 11.1 Å². The molecule has 0 saturated carbocycles. The van der Waals surface area contributed by atoms with Crippen molar-refractivity contribution in [3.8, 4) is 11.5 Å². The van der Waals surface area contributed by atoms with Gasteiger partial charge in [0.1, 0.15) is 22.6 Å². The van der Waals surface area contributed by atoms with Crippen molar-refractivity contribution in [2.45, 2.75) is 189 Å². The van der Waals surface area contributed by atoms with Crippen LogP contribution in [0.2, 0.25) is 0 Å².